The van der Waals surface area contributed by atoms with Crippen molar-refractivity contribution in [3.63, 3.8) is 0 Å². The van der Waals surface area contributed by atoms with Gasteiger partial charge in [0.15, 0.2) is 0 Å². The van der Waals surface area contributed by atoms with Crippen LogP contribution in [0.1, 0.15) is 10.6 Å². The van der Waals surface area contributed by atoms with E-state index in [-0.39, 0.29) is 5.01 Å². The van der Waals surface area contributed by atoms with Crippen LogP contribution in [0.3, 0.4) is 0 Å². The SMILES string of the molecule is COC(Br)c1ccccc1-n1nc2ccccc2n1. The first-order chi connectivity index (χ1) is 9.29. The normalized spacial score (nSPS) is 12.7. The van der Waals surface area contributed by atoms with Gasteiger partial charge in [-0.25, -0.2) is 0 Å². The number of hydrogen-bond donors (Lipinski definition) is 0. The molecule has 0 fully saturated rings. The molecule has 0 bridgehead atoms. The highest BCUT2D eigenvalue weighted by Gasteiger charge is 2.14. The lowest BCUT2D eigenvalue weighted by atomic mass is 10.2. The average molecular weight is 318 g/mol. The van der Waals surface area contributed by atoms with Gasteiger partial charge in [-0.1, -0.05) is 46.3 Å². The third-order valence-corrected chi connectivity index (χ3v) is 3.76. The van der Waals surface area contributed by atoms with Crippen molar-refractivity contribution in [2.45, 2.75) is 5.01 Å². The summed E-state index contributed by atoms with van der Waals surface area (Å²) in [5, 5.41) is 8.80. The van der Waals surface area contributed by atoms with E-state index in [1.807, 2.05) is 48.5 Å². The van der Waals surface area contributed by atoms with Gasteiger partial charge in [-0.05, 0) is 18.2 Å². The van der Waals surface area contributed by atoms with Crippen molar-refractivity contribution in [3.05, 3.63) is 54.1 Å². The first-order valence-corrected chi connectivity index (χ1v) is 6.79. The molecule has 0 aliphatic carbocycles. The van der Waals surface area contributed by atoms with E-state index < -0.39 is 0 Å². The Labute approximate surface area is 119 Å². The fourth-order valence-electron chi connectivity index (χ4n) is 1.96. The van der Waals surface area contributed by atoms with Crippen molar-refractivity contribution >= 4 is 27.0 Å². The Bertz CT molecular complexity index is 677. The highest BCUT2D eigenvalue weighted by Crippen LogP contribution is 2.28. The summed E-state index contributed by atoms with van der Waals surface area (Å²) in [4.78, 5) is 1.65. The Balaban J connectivity index is 2.15. The van der Waals surface area contributed by atoms with Gasteiger partial charge in [-0.15, -0.1) is 10.2 Å². The number of hydrogen-bond acceptors (Lipinski definition) is 3. The van der Waals surface area contributed by atoms with Crippen LogP contribution in [0.4, 0.5) is 0 Å². The fraction of sp³-hybridized carbons (Fsp3) is 0.143. The van der Waals surface area contributed by atoms with Crippen LogP contribution in [-0.4, -0.2) is 22.1 Å². The van der Waals surface area contributed by atoms with Crippen molar-refractivity contribution < 1.29 is 4.74 Å². The maximum absolute atomic E-state index is 5.32. The molecule has 3 rings (SSSR count). The van der Waals surface area contributed by atoms with Crippen LogP contribution in [0, 0.1) is 0 Å². The molecular weight excluding hydrogens is 306 g/mol. The lowest BCUT2D eigenvalue weighted by molar-refractivity contribution is 0.181. The van der Waals surface area contributed by atoms with Crippen LogP contribution in [0.5, 0.6) is 0 Å². The number of fused-ring (bicyclic) bond motifs is 1. The Kier molecular flexibility index (Phi) is 3.31. The van der Waals surface area contributed by atoms with E-state index in [0.29, 0.717) is 0 Å². The number of ether oxygens (including phenoxy) is 1. The van der Waals surface area contributed by atoms with Crippen LogP contribution < -0.4 is 0 Å². The molecule has 1 heterocycles. The highest BCUT2D eigenvalue weighted by molar-refractivity contribution is 9.09. The second kappa shape index (κ2) is 5.11. The zero-order valence-electron chi connectivity index (χ0n) is 10.3. The molecule has 0 aliphatic heterocycles. The number of para-hydroxylation sites is 1. The molecule has 0 saturated heterocycles. The van der Waals surface area contributed by atoms with Gasteiger partial charge in [0.25, 0.3) is 0 Å². The van der Waals surface area contributed by atoms with Gasteiger partial charge in [0.2, 0.25) is 0 Å². The van der Waals surface area contributed by atoms with Gasteiger partial charge >= 0.3 is 0 Å². The van der Waals surface area contributed by atoms with Gasteiger partial charge in [-0.3, -0.25) is 0 Å². The minimum atomic E-state index is -0.183. The summed E-state index contributed by atoms with van der Waals surface area (Å²) in [5.74, 6) is 0. The van der Waals surface area contributed by atoms with Crippen LogP contribution in [0.15, 0.2) is 48.5 Å². The summed E-state index contributed by atoms with van der Waals surface area (Å²) < 4.78 is 5.32. The number of nitrogens with zero attached hydrogens (tertiary/aromatic N) is 3. The smallest absolute Gasteiger partial charge is 0.139 e. The van der Waals surface area contributed by atoms with Gasteiger partial charge in [0, 0.05) is 12.7 Å². The largest absolute Gasteiger partial charge is 0.365 e. The van der Waals surface area contributed by atoms with Crippen LogP contribution in [-0.2, 0) is 4.74 Å². The Hall–Kier alpha value is -1.72. The molecule has 4 nitrogen and oxygen atoms in total. The molecule has 0 amide bonds. The number of rotatable bonds is 3. The van der Waals surface area contributed by atoms with Crippen LogP contribution in [0.2, 0.25) is 0 Å². The summed E-state index contributed by atoms with van der Waals surface area (Å²) in [5.41, 5.74) is 3.65. The number of benzene rings is 2. The maximum Gasteiger partial charge on any atom is 0.139 e. The van der Waals surface area contributed by atoms with E-state index in [1.54, 1.807) is 11.9 Å². The molecule has 0 saturated carbocycles. The first-order valence-electron chi connectivity index (χ1n) is 5.88. The minimum absolute atomic E-state index is 0.183. The molecule has 2 aromatic carbocycles. The Morgan fingerprint density at radius 2 is 1.58 bits per heavy atom. The highest BCUT2D eigenvalue weighted by atomic mass is 79.9. The summed E-state index contributed by atoms with van der Waals surface area (Å²) in [6.45, 7) is 0. The van der Waals surface area contributed by atoms with E-state index >= 15 is 0 Å². The summed E-state index contributed by atoms with van der Waals surface area (Å²) in [6, 6.07) is 15.7. The fourth-order valence-corrected chi connectivity index (χ4v) is 2.34. The molecule has 1 atom stereocenters. The van der Waals surface area contributed by atoms with Crippen molar-refractivity contribution in [3.8, 4) is 5.69 Å². The van der Waals surface area contributed by atoms with Gasteiger partial charge in [-0.2, -0.15) is 4.80 Å². The summed E-state index contributed by atoms with van der Waals surface area (Å²) in [6.07, 6.45) is 0. The molecule has 19 heavy (non-hydrogen) atoms. The molecule has 1 unspecified atom stereocenters. The third kappa shape index (κ3) is 2.27. The lowest BCUT2D eigenvalue weighted by Gasteiger charge is -2.12. The molecule has 5 heteroatoms. The molecule has 3 aromatic rings. The predicted octanol–water partition coefficient (Wildman–Crippen LogP) is 3.46. The van der Waals surface area contributed by atoms with E-state index in [1.165, 1.54) is 0 Å². The predicted molar refractivity (Wildman–Crippen MR) is 77.5 cm³/mol. The Morgan fingerprint density at radius 3 is 2.21 bits per heavy atom. The topological polar surface area (TPSA) is 39.9 Å². The number of aromatic nitrogens is 3. The zero-order chi connectivity index (χ0) is 13.2. The monoisotopic (exact) mass is 317 g/mol. The number of halogens is 1. The molecule has 1 aromatic heterocycles. The first kappa shape index (κ1) is 12.3. The van der Waals surface area contributed by atoms with E-state index in [2.05, 4.69) is 26.1 Å². The van der Waals surface area contributed by atoms with Crippen molar-refractivity contribution in [2.24, 2.45) is 0 Å². The molecule has 0 aliphatic rings. The second-order valence-corrected chi connectivity index (χ2v) is 4.92. The van der Waals surface area contributed by atoms with Crippen LogP contribution >= 0.6 is 15.9 Å². The number of alkyl halides is 1. The van der Waals surface area contributed by atoms with Gasteiger partial charge in [0.1, 0.15) is 16.0 Å². The molecule has 0 radical (unpaired) electrons. The average Bonchev–Trinajstić information content (AvgIpc) is 2.90. The molecule has 0 spiro atoms. The van der Waals surface area contributed by atoms with E-state index in [9.17, 15) is 0 Å². The third-order valence-electron chi connectivity index (χ3n) is 2.89. The van der Waals surface area contributed by atoms with Crippen molar-refractivity contribution in [2.75, 3.05) is 7.11 Å². The zero-order valence-corrected chi connectivity index (χ0v) is 11.9. The summed E-state index contributed by atoms with van der Waals surface area (Å²) in [7, 11) is 1.66. The van der Waals surface area contributed by atoms with E-state index in [4.69, 9.17) is 4.74 Å². The quantitative estimate of drug-likeness (QED) is 0.694. The standard InChI is InChI=1S/C14H12BrN3O/c1-19-14(15)10-6-2-5-9-13(10)18-16-11-7-3-4-8-12(11)17-18/h2-9,14H,1H3. The van der Waals surface area contributed by atoms with Gasteiger partial charge in [0.05, 0.1) is 5.69 Å². The van der Waals surface area contributed by atoms with Crippen molar-refractivity contribution in [1.29, 1.82) is 0 Å². The molecular formula is C14H12BrN3O. The molecule has 0 N–H and O–H groups in total. The maximum atomic E-state index is 5.32. The van der Waals surface area contributed by atoms with Gasteiger partial charge < -0.3 is 4.74 Å². The van der Waals surface area contributed by atoms with Crippen molar-refractivity contribution in [1.82, 2.24) is 15.0 Å². The second-order valence-electron chi connectivity index (χ2n) is 4.09. The summed E-state index contributed by atoms with van der Waals surface area (Å²) >= 11 is 3.49. The minimum Gasteiger partial charge on any atom is -0.365 e. The van der Waals surface area contributed by atoms with Crippen LogP contribution in [0.25, 0.3) is 16.7 Å². The van der Waals surface area contributed by atoms with E-state index in [0.717, 1.165) is 22.3 Å². The molecule has 96 valence electrons. The number of methoxy groups -OCH3 is 1. The lowest BCUT2D eigenvalue weighted by Crippen LogP contribution is -2.05. The Morgan fingerprint density at radius 1 is 1.00 bits per heavy atom.